The summed E-state index contributed by atoms with van der Waals surface area (Å²) in [6, 6.07) is 0. The first-order valence-electron chi connectivity index (χ1n) is 12.9. The lowest BCUT2D eigenvalue weighted by Gasteiger charge is -2.56. The molecule has 0 aromatic heterocycles. The second kappa shape index (κ2) is 6.95. The minimum absolute atomic E-state index is 0.0480. The van der Waals surface area contributed by atoms with Gasteiger partial charge in [0.15, 0.2) is 0 Å². The minimum Gasteiger partial charge on any atom is -0.393 e. The molecule has 7 unspecified atom stereocenters. The molecule has 2 heteroatoms. The van der Waals surface area contributed by atoms with E-state index in [4.69, 9.17) is 4.74 Å². The number of aliphatic hydroxyl groups excluding tert-OH is 1. The highest BCUT2D eigenvalue weighted by atomic mass is 16.6. The largest absolute Gasteiger partial charge is 0.393 e. The van der Waals surface area contributed by atoms with Crippen LogP contribution in [0.4, 0.5) is 0 Å². The number of ether oxygens (including phenoxy) is 1. The Morgan fingerprint density at radius 3 is 2.50 bits per heavy atom. The summed E-state index contributed by atoms with van der Waals surface area (Å²) < 4.78 is 6.43. The van der Waals surface area contributed by atoms with Crippen LogP contribution in [0.25, 0.3) is 0 Å². The molecule has 1 heterocycles. The third-order valence-electron chi connectivity index (χ3n) is 10.9. The van der Waals surface area contributed by atoms with Gasteiger partial charge in [0, 0.05) is 11.8 Å². The summed E-state index contributed by atoms with van der Waals surface area (Å²) in [6.45, 7) is 14.6. The first-order valence-corrected chi connectivity index (χ1v) is 12.9. The molecule has 5 aliphatic rings. The molecule has 168 valence electrons. The number of hydrogen-bond donors (Lipinski definition) is 1. The van der Waals surface area contributed by atoms with Crippen molar-refractivity contribution in [3.05, 3.63) is 23.8 Å². The van der Waals surface area contributed by atoms with Crippen molar-refractivity contribution in [1.29, 1.82) is 0 Å². The maximum Gasteiger partial charge on any atom is 0.107 e. The molecule has 1 spiro atoms. The van der Waals surface area contributed by atoms with Crippen LogP contribution in [0.5, 0.6) is 0 Å². The summed E-state index contributed by atoms with van der Waals surface area (Å²) in [6.07, 6.45) is 16.0. The first-order chi connectivity index (χ1) is 14.1. The van der Waals surface area contributed by atoms with Gasteiger partial charge in [-0.3, -0.25) is 0 Å². The SMILES string of the molecule is CC(C)[C@@H](C)/C=C/[C@@H](C)C1CCC2C3=CC4OC45CC(O)CC[C@@]5(C)C3CCC21C. The van der Waals surface area contributed by atoms with Gasteiger partial charge >= 0.3 is 0 Å². The number of rotatable bonds is 4. The Hall–Kier alpha value is -0.600. The van der Waals surface area contributed by atoms with Gasteiger partial charge < -0.3 is 9.84 Å². The van der Waals surface area contributed by atoms with E-state index < -0.39 is 0 Å². The average molecular weight is 413 g/mol. The topological polar surface area (TPSA) is 32.8 Å². The average Bonchev–Trinajstić information content (AvgIpc) is 3.27. The predicted molar refractivity (Wildman–Crippen MR) is 123 cm³/mol. The molecule has 0 bridgehead atoms. The predicted octanol–water partition coefficient (Wildman–Crippen LogP) is 6.54. The van der Waals surface area contributed by atoms with E-state index in [1.54, 1.807) is 5.57 Å². The maximum atomic E-state index is 10.4. The molecule has 1 aliphatic heterocycles. The number of fused-ring (bicyclic) bond motifs is 4. The normalized spacial score (nSPS) is 51.6. The zero-order chi connectivity index (χ0) is 21.5. The summed E-state index contributed by atoms with van der Waals surface area (Å²) in [4.78, 5) is 0. The maximum absolute atomic E-state index is 10.4. The van der Waals surface area contributed by atoms with Crippen molar-refractivity contribution in [2.45, 2.75) is 104 Å². The van der Waals surface area contributed by atoms with Crippen molar-refractivity contribution in [1.82, 2.24) is 0 Å². The zero-order valence-corrected chi connectivity index (χ0v) is 20.2. The lowest BCUT2D eigenvalue weighted by molar-refractivity contribution is -0.0527. The van der Waals surface area contributed by atoms with Crippen LogP contribution in [0.1, 0.15) is 86.5 Å². The third-order valence-corrected chi connectivity index (χ3v) is 10.9. The Labute approximate surface area is 184 Å². The Bertz CT molecular complexity index is 752. The zero-order valence-electron chi connectivity index (χ0n) is 20.2. The molecular formula is C28H44O2. The van der Waals surface area contributed by atoms with Crippen LogP contribution < -0.4 is 0 Å². The highest BCUT2D eigenvalue weighted by Crippen LogP contribution is 2.72. The van der Waals surface area contributed by atoms with Crippen molar-refractivity contribution in [3.8, 4) is 0 Å². The highest BCUT2D eigenvalue weighted by Gasteiger charge is 2.73. The van der Waals surface area contributed by atoms with E-state index >= 15 is 0 Å². The molecule has 10 atom stereocenters. The van der Waals surface area contributed by atoms with Gasteiger partial charge in [0.1, 0.15) is 11.7 Å². The molecular weight excluding hydrogens is 368 g/mol. The van der Waals surface area contributed by atoms with Crippen LogP contribution in [-0.2, 0) is 4.74 Å². The van der Waals surface area contributed by atoms with Gasteiger partial charge in [0.2, 0.25) is 0 Å². The monoisotopic (exact) mass is 412 g/mol. The first kappa shape index (κ1) is 21.3. The molecule has 5 rings (SSSR count). The van der Waals surface area contributed by atoms with Gasteiger partial charge in [0.25, 0.3) is 0 Å². The van der Waals surface area contributed by atoms with E-state index in [0.717, 1.165) is 37.0 Å². The third kappa shape index (κ3) is 2.81. The quantitative estimate of drug-likeness (QED) is 0.420. The molecule has 0 aromatic rings. The molecule has 3 saturated carbocycles. The van der Waals surface area contributed by atoms with Gasteiger partial charge in [-0.2, -0.15) is 0 Å². The summed E-state index contributed by atoms with van der Waals surface area (Å²) in [5.41, 5.74) is 2.38. The van der Waals surface area contributed by atoms with Crippen LogP contribution in [0, 0.1) is 46.3 Å². The van der Waals surface area contributed by atoms with Gasteiger partial charge in [-0.15, -0.1) is 0 Å². The summed E-state index contributed by atoms with van der Waals surface area (Å²) >= 11 is 0. The van der Waals surface area contributed by atoms with Crippen molar-refractivity contribution in [3.63, 3.8) is 0 Å². The highest BCUT2D eigenvalue weighted by molar-refractivity contribution is 5.38. The molecule has 4 fully saturated rings. The molecule has 0 aromatic carbocycles. The van der Waals surface area contributed by atoms with Crippen LogP contribution in [-0.4, -0.2) is 22.9 Å². The molecule has 1 N–H and O–H groups in total. The van der Waals surface area contributed by atoms with Crippen LogP contribution >= 0.6 is 0 Å². The Balaban J connectivity index is 1.40. The van der Waals surface area contributed by atoms with E-state index in [9.17, 15) is 5.11 Å². The fourth-order valence-electron chi connectivity index (χ4n) is 8.52. The smallest absolute Gasteiger partial charge is 0.107 e. The Kier molecular flexibility index (Phi) is 4.92. The van der Waals surface area contributed by atoms with Crippen molar-refractivity contribution in [2.24, 2.45) is 46.3 Å². The van der Waals surface area contributed by atoms with Gasteiger partial charge in [0.05, 0.1) is 6.10 Å². The van der Waals surface area contributed by atoms with Crippen molar-refractivity contribution >= 4 is 0 Å². The fourth-order valence-corrected chi connectivity index (χ4v) is 8.52. The fraction of sp³-hybridized carbons (Fsp3) is 0.857. The Morgan fingerprint density at radius 2 is 1.77 bits per heavy atom. The van der Waals surface area contributed by atoms with E-state index in [-0.39, 0.29) is 23.2 Å². The Morgan fingerprint density at radius 1 is 1.00 bits per heavy atom. The standard InChI is InChI=1S/C28H44O2/c1-17(2)18(3)7-8-19(4)22-9-10-23-21-15-25-28(30-25)16-20(29)11-14-27(28,6)24(21)12-13-26(22,23)5/h7-8,15,17-20,22-25,29H,9-14,16H2,1-6H3/b8-7+/t18-,19+,20?,22?,23?,24?,25?,26?,27-,28?/m0/s1. The summed E-state index contributed by atoms with van der Waals surface area (Å²) in [5.74, 6) is 4.26. The molecule has 1 saturated heterocycles. The van der Waals surface area contributed by atoms with Gasteiger partial charge in [-0.05, 0) is 79.4 Å². The van der Waals surface area contributed by atoms with Crippen LogP contribution in [0.2, 0.25) is 0 Å². The number of allylic oxidation sites excluding steroid dienone is 3. The van der Waals surface area contributed by atoms with E-state index in [2.05, 4.69) is 59.8 Å². The van der Waals surface area contributed by atoms with E-state index in [0.29, 0.717) is 23.2 Å². The number of epoxide rings is 1. The van der Waals surface area contributed by atoms with E-state index in [1.807, 2.05) is 0 Å². The lowest BCUT2D eigenvalue weighted by atomic mass is 9.47. The molecule has 0 amide bonds. The van der Waals surface area contributed by atoms with E-state index in [1.165, 1.54) is 25.7 Å². The molecule has 0 radical (unpaired) electrons. The molecule has 4 aliphatic carbocycles. The second-order valence-electron chi connectivity index (χ2n) is 12.6. The van der Waals surface area contributed by atoms with Crippen LogP contribution in [0.3, 0.4) is 0 Å². The van der Waals surface area contributed by atoms with Crippen molar-refractivity contribution < 1.29 is 9.84 Å². The van der Waals surface area contributed by atoms with Gasteiger partial charge in [-0.25, -0.2) is 0 Å². The lowest BCUT2D eigenvalue weighted by Crippen LogP contribution is -2.55. The van der Waals surface area contributed by atoms with Crippen molar-refractivity contribution in [2.75, 3.05) is 0 Å². The minimum atomic E-state index is -0.163. The van der Waals surface area contributed by atoms with Crippen LogP contribution in [0.15, 0.2) is 23.8 Å². The summed E-state index contributed by atoms with van der Waals surface area (Å²) in [7, 11) is 0. The number of hydrogen-bond acceptors (Lipinski definition) is 2. The molecule has 2 nitrogen and oxygen atoms in total. The molecule has 30 heavy (non-hydrogen) atoms. The number of aliphatic hydroxyl groups is 1. The van der Waals surface area contributed by atoms with Gasteiger partial charge in [-0.1, -0.05) is 65.3 Å². The second-order valence-corrected chi connectivity index (χ2v) is 12.6. The summed E-state index contributed by atoms with van der Waals surface area (Å²) in [5, 5.41) is 10.4.